The third-order valence-electron chi connectivity index (χ3n) is 13.6. The first-order valence-electron chi connectivity index (χ1n) is 22.0. The van der Waals surface area contributed by atoms with E-state index in [0.29, 0.717) is 0 Å². The Bertz CT molecular complexity index is 3640. The van der Waals surface area contributed by atoms with Crippen LogP contribution in [0, 0.1) is 0 Å². The Morgan fingerprint density at radius 2 is 0.794 bits per heavy atom. The van der Waals surface area contributed by atoms with Gasteiger partial charge in [-0.1, -0.05) is 206 Å². The van der Waals surface area contributed by atoms with Crippen LogP contribution in [0.4, 0.5) is 0 Å². The molecule has 1 aliphatic heterocycles. The molecule has 0 fully saturated rings. The zero-order chi connectivity index (χ0) is 41.4. The minimum absolute atomic E-state index is 0.00567. The Labute approximate surface area is 366 Å². The van der Waals surface area contributed by atoms with Crippen LogP contribution in [0.1, 0.15) is 22.6 Å². The molecule has 11 aromatic carbocycles. The summed E-state index contributed by atoms with van der Waals surface area (Å²) in [4.78, 5) is 0. The van der Waals surface area contributed by atoms with Gasteiger partial charge in [0.1, 0.15) is 11.9 Å². The predicted molar refractivity (Wildman–Crippen MR) is 265 cm³/mol. The molecular formula is C62H40O. The molecule has 294 valence electrons. The van der Waals surface area contributed by atoms with Crippen molar-refractivity contribution in [2.45, 2.75) is 12.0 Å². The predicted octanol–water partition coefficient (Wildman–Crippen LogP) is 16.6. The Morgan fingerprint density at radius 3 is 1.44 bits per heavy atom. The molecule has 0 radical (unpaired) electrons. The molecule has 2 aliphatic rings. The van der Waals surface area contributed by atoms with Crippen LogP contribution >= 0.6 is 0 Å². The standard InChI is InChI=1S/C62H40O/c1-4-16-48-39(11-1)14-9-21-50(48)42-23-27-44(28-24-42)60-53-19-7-8-20-54(53)61(45-29-25-43(26-30-45)51-22-10-15-40-12-2-5-17-49(40)51)56-37-46(31-34-55(56)60)47-33-35-58-57(38-47)62-52-18-6-3-13-41(52)32-36-59(62)63-58/h1-38,59,62H. The minimum Gasteiger partial charge on any atom is -0.485 e. The smallest absolute Gasteiger partial charge is 0.128 e. The third kappa shape index (κ3) is 5.78. The second-order valence-corrected chi connectivity index (χ2v) is 17.1. The van der Waals surface area contributed by atoms with Crippen molar-refractivity contribution in [1.82, 2.24) is 0 Å². The first-order valence-corrected chi connectivity index (χ1v) is 22.0. The zero-order valence-corrected chi connectivity index (χ0v) is 34.5. The summed E-state index contributed by atoms with van der Waals surface area (Å²) in [7, 11) is 0. The molecular weight excluding hydrogens is 761 g/mol. The Kier molecular flexibility index (Phi) is 8.11. The van der Waals surface area contributed by atoms with Gasteiger partial charge < -0.3 is 4.74 Å². The van der Waals surface area contributed by atoms with Gasteiger partial charge in [-0.25, -0.2) is 0 Å². The van der Waals surface area contributed by atoms with E-state index in [1.165, 1.54) is 115 Å². The van der Waals surface area contributed by atoms with Gasteiger partial charge in [0.25, 0.3) is 0 Å². The second kappa shape index (κ2) is 14.3. The van der Waals surface area contributed by atoms with Crippen molar-refractivity contribution in [3.63, 3.8) is 0 Å². The van der Waals surface area contributed by atoms with Crippen LogP contribution < -0.4 is 4.74 Å². The SMILES string of the molecule is C1=CC2Oc3ccc(-c4ccc5c(-c6ccc(-c7cccc8ccccc78)cc6)c6ccccc6c(-c6ccc(-c7cccc8ccccc78)cc6)c5c4)cc3C2c2ccccc21. The van der Waals surface area contributed by atoms with Crippen LogP contribution in [0.3, 0.4) is 0 Å². The molecule has 2 atom stereocenters. The highest BCUT2D eigenvalue weighted by Crippen LogP contribution is 2.49. The van der Waals surface area contributed by atoms with Gasteiger partial charge in [-0.15, -0.1) is 0 Å². The van der Waals surface area contributed by atoms with E-state index in [1.54, 1.807) is 0 Å². The molecule has 0 aromatic heterocycles. The highest BCUT2D eigenvalue weighted by molar-refractivity contribution is 6.22. The first-order chi connectivity index (χ1) is 31.2. The molecule has 1 heterocycles. The molecule has 11 aromatic rings. The van der Waals surface area contributed by atoms with Crippen LogP contribution in [0.15, 0.2) is 224 Å². The molecule has 63 heavy (non-hydrogen) atoms. The van der Waals surface area contributed by atoms with E-state index in [-0.39, 0.29) is 12.0 Å². The van der Waals surface area contributed by atoms with Crippen molar-refractivity contribution in [2.24, 2.45) is 0 Å². The van der Waals surface area contributed by atoms with Gasteiger partial charge in [0, 0.05) is 5.56 Å². The molecule has 0 saturated carbocycles. The summed E-state index contributed by atoms with van der Waals surface area (Å²) < 4.78 is 6.55. The molecule has 1 nitrogen and oxygen atoms in total. The van der Waals surface area contributed by atoms with Gasteiger partial charge in [0.2, 0.25) is 0 Å². The summed E-state index contributed by atoms with van der Waals surface area (Å²) in [5, 5.41) is 9.99. The van der Waals surface area contributed by atoms with E-state index in [2.05, 4.69) is 231 Å². The van der Waals surface area contributed by atoms with Crippen molar-refractivity contribution < 1.29 is 4.74 Å². The zero-order valence-electron chi connectivity index (χ0n) is 34.5. The molecule has 0 bridgehead atoms. The van der Waals surface area contributed by atoms with Crippen molar-refractivity contribution in [3.8, 4) is 61.4 Å². The largest absolute Gasteiger partial charge is 0.485 e. The first kappa shape index (κ1) is 35.7. The summed E-state index contributed by atoms with van der Waals surface area (Å²) in [6.07, 6.45) is 4.44. The number of fused-ring (bicyclic) bond motifs is 9. The fourth-order valence-electron chi connectivity index (χ4n) is 10.7. The van der Waals surface area contributed by atoms with Gasteiger partial charge in [-0.05, 0) is 134 Å². The summed E-state index contributed by atoms with van der Waals surface area (Å²) in [6.45, 7) is 0. The van der Waals surface area contributed by atoms with E-state index in [9.17, 15) is 0 Å². The van der Waals surface area contributed by atoms with Crippen molar-refractivity contribution >= 4 is 49.2 Å². The maximum absolute atomic E-state index is 6.55. The normalized spacial score (nSPS) is 15.0. The van der Waals surface area contributed by atoms with E-state index in [1.807, 2.05) is 0 Å². The van der Waals surface area contributed by atoms with Crippen molar-refractivity contribution in [1.29, 1.82) is 0 Å². The van der Waals surface area contributed by atoms with Gasteiger partial charge in [0.15, 0.2) is 0 Å². The van der Waals surface area contributed by atoms with Crippen LogP contribution in [0.2, 0.25) is 0 Å². The Morgan fingerprint density at radius 1 is 0.317 bits per heavy atom. The van der Waals surface area contributed by atoms with E-state index in [4.69, 9.17) is 4.74 Å². The lowest BCUT2D eigenvalue weighted by Crippen LogP contribution is -2.20. The quantitative estimate of drug-likeness (QED) is 0.158. The molecule has 1 heteroatoms. The monoisotopic (exact) mass is 800 g/mol. The number of rotatable bonds is 5. The molecule has 0 spiro atoms. The Balaban J connectivity index is 1.00. The lowest BCUT2D eigenvalue weighted by atomic mass is 9.81. The minimum atomic E-state index is 0.00567. The summed E-state index contributed by atoms with van der Waals surface area (Å²) in [5.74, 6) is 1.15. The summed E-state index contributed by atoms with van der Waals surface area (Å²) in [5.41, 5.74) is 16.1. The van der Waals surface area contributed by atoms with Gasteiger partial charge >= 0.3 is 0 Å². The number of benzene rings is 11. The lowest BCUT2D eigenvalue weighted by molar-refractivity contribution is 0.267. The number of ether oxygens (including phenoxy) is 1. The van der Waals surface area contributed by atoms with Gasteiger partial charge in [0.05, 0.1) is 5.92 Å². The van der Waals surface area contributed by atoms with Gasteiger partial charge in [-0.2, -0.15) is 0 Å². The fourth-order valence-corrected chi connectivity index (χ4v) is 10.7. The lowest BCUT2D eigenvalue weighted by Gasteiger charge is -2.23. The van der Waals surface area contributed by atoms with E-state index >= 15 is 0 Å². The van der Waals surface area contributed by atoms with Crippen LogP contribution in [-0.2, 0) is 0 Å². The topological polar surface area (TPSA) is 9.23 Å². The van der Waals surface area contributed by atoms with Gasteiger partial charge in [-0.3, -0.25) is 0 Å². The maximum Gasteiger partial charge on any atom is 0.128 e. The van der Waals surface area contributed by atoms with E-state index < -0.39 is 0 Å². The maximum atomic E-state index is 6.55. The molecule has 0 amide bonds. The average Bonchev–Trinajstić information content (AvgIpc) is 3.74. The summed E-state index contributed by atoms with van der Waals surface area (Å²) in [6, 6.07) is 80.6. The van der Waals surface area contributed by atoms with Crippen LogP contribution in [0.5, 0.6) is 5.75 Å². The molecule has 0 saturated heterocycles. The van der Waals surface area contributed by atoms with Crippen LogP contribution in [0.25, 0.3) is 105 Å². The number of hydrogen-bond acceptors (Lipinski definition) is 1. The molecule has 13 rings (SSSR count). The summed E-state index contributed by atoms with van der Waals surface area (Å²) >= 11 is 0. The number of hydrogen-bond donors (Lipinski definition) is 0. The van der Waals surface area contributed by atoms with E-state index in [0.717, 1.165) is 5.75 Å². The molecule has 1 aliphatic carbocycles. The van der Waals surface area contributed by atoms with Crippen molar-refractivity contribution in [2.75, 3.05) is 0 Å². The van der Waals surface area contributed by atoms with Crippen LogP contribution in [-0.4, -0.2) is 6.10 Å². The average molecular weight is 801 g/mol. The van der Waals surface area contributed by atoms with Crippen molar-refractivity contribution in [3.05, 3.63) is 241 Å². The highest BCUT2D eigenvalue weighted by atomic mass is 16.5. The third-order valence-corrected chi connectivity index (χ3v) is 13.6. The fraction of sp³-hybridized carbons (Fsp3) is 0.0323. The molecule has 0 N–H and O–H groups in total. The second-order valence-electron chi connectivity index (χ2n) is 17.1. The highest BCUT2D eigenvalue weighted by Gasteiger charge is 2.37. The Hall–Kier alpha value is -8.00. The molecule has 2 unspecified atom stereocenters.